The zero-order valence-corrected chi connectivity index (χ0v) is 23.5. The zero-order chi connectivity index (χ0) is 27.5. The fourth-order valence-electron chi connectivity index (χ4n) is 3.82. The van der Waals surface area contributed by atoms with Gasteiger partial charge in [0, 0.05) is 12.2 Å². The number of halogens is 6. The first-order valence-electron chi connectivity index (χ1n) is 12.1. The smallest absolute Gasteiger partial charge is 0.412 e. The molecule has 2 N–H and O–H groups in total. The van der Waals surface area contributed by atoms with Crippen molar-refractivity contribution >= 4 is 31.3 Å². The van der Waals surface area contributed by atoms with Gasteiger partial charge in [0.05, 0.1) is 23.3 Å². The number of benzene rings is 1. The molecular weight excluding hydrogens is 520 g/mol. The molecule has 0 bridgehead atoms. The summed E-state index contributed by atoms with van der Waals surface area (Å²) in [7, 11) is -2.15. The summed E-state index contributed by atoms with van der Waals surface area (Å²) in [6, 6.07) is 1.03. The third-order valence-corrected chi connectivity index (χ3v) is 11.7. The molecule has 2 atom stereocenters. The summed E-state index contributed by atoms with van der Waals surface area (Å²) in [4.78, 5) is 2.28. The maximum absolute atomic E-state index is 13.2. The number of rotatable bonds is 7. The second-order valence-corrected chi connectivity index (χ2v) is 16.1. The zero-order valence-electron chi connectivity index (χ0n) is 21.7. The predicted molar refractivity (Wildman–Crippen MR) is 138 cm³/mol. The third-order valence-electron chi connectivity index (χ3n) is 6.92. The molecule has 0 radical (unpaired) electrons. The van der Waals surface area contributed by atoms with Gasteiger partial charge in [0.25, 0.3) is 0 Å². The first kappa shape index (κ1) is 30.8. The SMILES string of the molecule is C[C@H](O[Si](C)(C)C(C)(C)C)[C@@H](CN1CCCCC1)NC(=S)Nc1cc(C(F)(F)F)cc(C(F)(F)F)c1. The maximum atomic E-state index is 13.2. The van der Waals surface area contributed by atoms with E-state index >= 15 is 0 Å². The molecule has 1 aliphatic rings. The molecular formula is C24H37F6N3OSSi. The average molecular weight is 558 g/mol. The molecule has 206 valence electrons. The van der Waals surface area contributed by atoms with Gasteiger partial charge in [-0.3, -0.25) is 0 Å². The fourth-order valence-corrected chi connectivity index (χ4v) is 5.53. The minimum atomic E-state index is -4.94. The lowest BCUT2D eigenvalue weighted by molar-refractivity contribution is -0.143. The van der Waals surface area contributed by atoms with Crippen LogP contribution < -0.4 is 10.6 Å². The van der Waals surface area contributed by atoms with Gasteiger partial charge in [-0.25, -0.2) is 0 Å². The Kier molecular flexibility index (Phi) is 9.91. The number of nitrogens with zero attached hydrogens (tertiary/aromatic N) is 1. The van der Waals surface area contributed by atoms with Gasteiger partial charge in [0.2, 0.25) is 0 Å². The van der Waals surface area contributed by atoms with Crippen LogP contribution in [0.2, 0.25) is 18.1 Å². The molecule has 1 aliphatic heterocycles. The molecule has 1 aromatic carbocycles. The largest absolute Gasteiger partial charge is 0.416 e. The van der Waals surface area contributed by atoms with Crippen LogP contribution in [0.5, 0.6) is 0 Å². The highest BCUT2D eigenvalue weighted by Crippen LogP contribution is 2.39. The molecule has 0 saturated carbocycles. The Balaban J connectivity index is 2.25. The van der Waals surface area contributed by atoms with Gasteiger partial charge in [0.15, 0.2) is 13.4 Å². The summed E-state index contributed by atoms with van der Waals surface area (Å²) >= 11 is 5.34. The minimum Gasteiger partial charge on any atom is -0.412 e. The molecule has 0 aromatic heterocycles. The average Bonchev–Trinajstić information content (AvgIpc) is 2.71. The maximum Gasteiger partial charge on any atom is 0.416 e. The van der Waals surface area contributed by atoms with Crippen molar-refractivity contribution in [1.29, 1.82) is 0 Å². The number of hydrogen-bond donors (Lipinski definition) is 2. The Bertz CT molecular complexity index is 863. The van der Waals surface area contributed by atoms with Crippen LogP contribution in [-0.2, 0) is 16.8 Å². The number of likely N-dealkylation sites (tertiary alicyclic amines) is 1. The molecule has 1 fully saturated rings. The number of piperidine rings is 1. The van der Waals surface area contributed by atoms with Crippen LogP contribution in [0.1, 0.15) is 58.1 Å². The van der Waals surface area contributed by atoms with Gasteiger partial charge in [-0.15, -0.1) is 0 Å². The number of alkyl halides is 6. The highest BCUT2D eigenvalue weighted by molar-refractivity contribution is 7.80. The molecule has 1 aromatic rings. The molecule has 0 spiro atoms. The van der Waals surface area contributed by atoms with Crippen molar-refractivity contribution in [3.8, 4) is 0 Å². The summed E-state index contributed by atoms with van der Waals surface area (Å²) < 4.78 is 86.0. The van der Waals surface area contributed by atoms with Crippen molar-refractivity contribution in [2.24, 2.45) is 0 Å². The monoisotopic (exact) mass is 557 g/mol. The number of hydrogen-bond acceptors (Lipinski definition) is 3. The van der Waals surface area contributed by atoms with E-state index in [-0.39, 0.29) is 34.1 Å². The Labute approximate surface area is 216 Å². The highest BCUT2D eigenvalue weighted by atomic mass is 32.1. The number of anilines is 1. The lowest BCUT2D eigenvalue weighted by Gasteiger charge is -2.42. The lowest BCUT2D eigenvalue weighted by Crippen LogP contribution is -2.55. The van der Waals surface area contributed by atoms with E-state index in [0.29, 0.717) is 18.7 Å². The Morgan fingerprint density at radius 2 is 1.47 bits per heavy atom. The molecule has 36 heavy (non-hydrogen) atoms. The van der Waals surface area contributed by atoms with E-state index in [9.17, 15) is 26.3 Å². The van der Waals surface area contributed by atoms with Gasteiger partial charge in [0.1, 0.15) is 0 Å². The van der Waals surface area contributed by atoms with Crippen molar-refractivity contribution in [1.82, 2.24) is 10.2 Å². The third kappa shape index (κ3) is 8.88. The first-order valence-corrected chi connectivity index (χ1v) is 15.4. The molecule has 0 aliphatic carbocycles. The summed E-state index contributed by atoms with van der Waals surface area (Å²) in [6.45, 7) is 15.0. The predicted octanol–water partition coefficient (Wildman–Crippen LogP) is 7.28. The van der Waals surface area contributed by atoms with Crippen molar-refractivity contribution < 1.29 is 30.8 Å². The molecule has 0 amide bonds. The highest BCUT2D eigenvalue weighted by Gasteiger charge is 2.40. The summed E-state index contributed by atoms with van der Waals surface area (Å²) in [5, 5.41) is 5.56. The quantitative estimate of drug-likeness (QED) is 0.209. The van der Waals surface area contributed by atoms with Gasteiger partial charge < -0.3 is 20.0 Å². The molecule has 12 heteroatoms. The fraction of sp³-hybridized carbons (Fsp3) is 0.708. The molecule has 4 nitrogen and oxygen atoms in total. The summed E-state index contributed by atoms with van der Waals surface area (Å²) in [5.74, 6) is 0. The van der Waals surface area contributed by atoms with Crippen LogP contribution in [0, 0.1) is 0 Å². The molecule has 2 rings (SSSR count). The van der Waals surface area contributed by atoms with Gasteiger partial charge in [-0.1, -0.05) is 27.2 Å². The topological polar surface area (TPSA) is 36.5 Å². The normalized spacial score (nSPS) is 18.0. The number of nitrogens with one attached hydrogen (secondary N) is 2. The minimum absolute atomic E-state index is 0.0400. The van der Waals surface area contributed by atoms with Crippen LogP contribution in [0.25, 0.3) is 0 Å². The summed E-state index contributed by atoms with van der Waals surface area (Å²) in [6.07, 6.45) is -6.87. The van der Waals surface area contributed by atoms with E-state index in [1.54, 1.807) is 0 Å². The van der Waals surface area contributed by atoms with E-state index in [1.807, 2.05) is 6.92 Å². The second kappa shape index (κ2) is 11.6. The number of thiocarbonyl (C=S) groups is 1. The van der Waals surface area contributed by atoms with Crippen LogP contribution in [0.3, 0.4) is 0 Å². The molecule has 1 saturated heterocycles. The standard InChI is InChI=1S/C24H37F6N3OSSi/c1-16(34-36(5,6)22(2,3)4)20(15-33-10-8-7-9-11-33)32-21(35)31-19-13-17(23(25,26)27)12-18(14-19)24(28,29)30/h12-14,16,20H,7-11,15H2,1-6H3,(H2,31,32,35)/t16-,20+/m0/s1. The Hall–Kier alpha value is -1.37. The van der Waals surface area contributed by atoms with Gasteiger partial charge >= 0.3 is 12.4 Å². The van der Waals surface area contributed by atoms with Gasteiger partial charge in [-0.2, -0.15) is 26.3 Å². The van der Waals surface area contributed by atoms with E-state index in [0.717, 1.165) is 32.4 Å². The van der Waals surface area contributed by atoms with Gasteiger partial charge in [-0.05, 0) is 81.4 Å². The van der Waals surface area contributed by atoms with E-state index in [4.69, 9.17) is 16.6 Å². The van der Waals surface area contributed by atoms with Crippen LogP contribution in [0.4, 0.5) is 32.0 Å². The van der Waals surface area contributed by atoms with Crippen molar-refractivity contribution in [3.63, 3.8) is 0 Å². The van der Waals surface area contributed by atoms with E-state index < -0.39 is 31.8 Å². The van der Waals surface area contributed by atoms with E-state index in [1.165, 1.54) is 0 Å². The van der Waals surface area contributed by atoms with E-state index in [2.05, 4.69) is 49.4 Å². The Morgan fingerprint density at radius 3 is 1.92 bits per heavy atom. The second-order valence-electron chi connectivity index (χ2n) is 10.9. The molecule has 1 heterocycles. The Morgan fingerprint density at radius 1 is 0.972 bits per heavy atom. The summed E-state index contributed by atoms with van der Waals surface area (Å²) in [5.41, 5.74) is -3.19. The van der Waals surface area contributed by atoms with Crippen molar-refractivity contribution in [2.75, 3.05) is 25.0 Å². The van der Waals surface area contributed by atoms with Crippen molar-refractivity contribution in [2.45, 2.75) is 89.6 Å². The van der Waals surface area contributed by atoms with Crippen LogP contribution >= 0.6 is 12.2 Å². The first-order chi connectivity index (χ1) is 16.3. The van der Waals surface area contributed by atoms with Crippen LogP contribution in [-0.4, -0.2) is 50.1 Å². The molecule has 0 unspecified atom stereocenters. The van der Waals surface area contributed by atoms with Crippen molar-refractivity contribution in [3.05, 3.63) is 29.3 Å². The van der Waals surface area contributed by atoms with Crippen LogP contribution in [0.15, 0.2) is 18.2 Å². The lowest BCUT2D eigenvalue weighted by atomic mass is 10.1.